The molecule has 0 radical (unpaired) electrons. The highest BCUT2D eigenvalue weighted by molar-refractivity contribution is 6.31. The zero-order valence-corrected chi connectivity index (χ0v) is 14.3. The normalized spacial score (nSPS) is 27.7. The fourth-order valence-corrected chi connectivity index (χ4v) is 3.60. The van der Waals surface area contributed by atoms with E-state index in [0.29, 0.717) is 16.6 Å². The van der Waals surface area contributed by atoms with Gasteiger partial charge in [0.15, 0.2) is 0 Å². The molecule has 0 saturated carbocycles. The number of carbonyl (C=O) groups is 1. The van der Waals surface area contributed by atoms with E-state index in [1.807, 2.05) is 0 Å². The lowest BCUT2D eigenvalue weighted by Crippen LogP contribution is -2.49. The lowest BCUT2D eigenvalue weighted by molar-refractivity contribution is -0.124. The number of fused-ring (bicyclic) bond motifs is 1. The van der Waals surface area contributed by atoms with E-state index in [1.54, 1.807) is 19.1 Å². The molecule has 2 heterocycles. The van der Waals surface area contributed by atoms with Gasteiger partial charge in [0.2, 0.25) is 5.91 Å². The summed E-state index contributed by atoms with van der Waals surface area (Å²) < 4.78 is 13.9. The molecule has 1 aromatic rings. The number of hydrogen-bond donors (Lipinski definition) is 4. The second kappa shape index (κ2) is 7.77. The van der Waals surface area contributed by atoms with Crippen molar-refractivity contribution in [1.29, 1.82) is 0 Å². The van der Waals surface area contributed by atoms with E-state index in [-0.39, 0.29) is 30.3 Å². The highest BCUT2D eigenvalue weighted by Crippen LogP contribution is 2.26. The number of carbonyl (C=O) groups excluding carboxylic acids is 1. The van der Waals surface area contributed by atoms with Gasteiger partial charge in [0.25, 0.3) is 0 Å². The number of nitrogens with one attached hydrogen (secondary N) is 4. The van der Waals surface area contributed by atoms with Crippen LogP contribution in [0.2, 0.25) is 5.02 Å². The van der Waals surface area contributed by atoms with Crippen LogP contribution in [0.4, 0.5) is 4.39 Å². The van der Waals surface area contributed by atoms with Crippen LogP contribution in [0.3, 0.4) is 0 Å². The lowest BCUT2D eigenvalue weighted by atomic mass is 9.89. The van der Waals surface area contributed by atoms with Gasteiger partial charge < -0.3 is 10.6 Å². The molecule has 128 valence electrons. The summed E-state index contributed by atoms with van der Waals surface area (Å²) in [5.74, 6) is -0.359. The molecule has 0 aromatic heterocycles. The van der Waals surface area contributed by atoms with Crippen LogP contribution in [0.25, 0.3) is 0 Å². The van der Waals surface area contributed by atoms with E-state index in [4.69, 9.17) is 11.6 Å². The van der Waals surface area contributed by atoms with E-state index < -0.39 is 11.9 Å². The smallest absolute Gasteiger partial charge is 0.239 e. The van der Waals surface area contributed by atoms with E-state index in [1.165, 1.54) is 6.07 Å². The molecule has 4 unspecified atom stereocenters. The maximum atomic E-state index is 13.9. The van der Waals surface area contributed by atoms with Gasteiger partial charge in [0.1, 0.15) is 11.9 Å². The second-order valence-electron chi connectivity index (χ2n) is 5.90. The van der Waals surface area contributed by atoms with Crippen molar-refractivity contribution in [2.24, 2.45) is 5.92 Å². The minimum absolute atomic E-state index is 0. The number of amides is 1. The zero-order valence-electron chi connectivity index (χ0n) is 12.7. The average molecular weight is 363 g/mol. The Morgan fingerprint density at radius 2 is 2.22 bits per heavy atom. The molecule has 2 aliphatic rings. The van der Waals surface area contributed by atoms with Crippen LogP contribution in [-0.2, 0) is 4.79 Å². The van der Waals surface area contributed by atoms with Crippen LogP contribution in [0.5, 0.6) is 0 Å². The fourth-order valence-electron chi connectivity index (χ4n) is 3.28. The van der Waals surface area contributed by atoms with Crippen LogP contribution >= 0.6 is 24.0 Å². The summed E-state index contributed by atoms with van der Waals surface area (Å²) in [6.07, 6.45) is 0.982. The number of hydrazine groups is 1. The first-order valence-electron chi connectivity index (χ1n) is 7.54. The van der Waals surface area contributed by atoms with Crippen molar-refractivity contribution in [3.8, 4) is 0 Å². The van der Waals surface area contributed by atoms with Gasteiger partial charge in [-0.15, -0.1) is 12.4 Å². The van der Waals surface area contributed by atoms with E-state index in [9.17, 15) is 9.18 Å². The fraction of sp³-hybridized carbons (Fsp3) is 0.533. The van der Waals surface area contributed by atoms with E-state index in [0.717, 1.165) is 19.5 Å². The van der Waals surface area contributed by atoms with Crippen molar-refractivity contribution in [2.45, 2.75) is 31.5 Å². The third kappa shape index (κ3) is 3.78. The molecule has 1 aromatic carbocycles. The summed E-state index contributed by atoms with van der Waals surface area (Å²) in [4.78, 5) is 12.5. The topological polar surface area (TPSA) is 65.2 Å². The molecule has 4 atom stereocenters. The molecule has 23 heavy (non-hydrogen) atoms. The summed E-state index contributed by atoms with van der Waals surface area (Å²) in [5.41, 5.74) is 6.55. The van der Waals surface area contributed by atoms with Crippen LogP contribution in [0.15, 0.2) is 18.2 Å². The van der Waals surface area contributed by atoms with Crippen molar-refractivity contribution < 1.29 is 9.18 Å². The SMILES string of the molecule is CC(NC(=O)C1NNC2CCNCC21)c1c(F)cccc1Cl.Cl. The van der Waals surface area contributed by atoms with Crippen LogP contribution in [0, 0.1) is 11.7 Å². The Morgan fingerprint density at radius 3 is 2.96 bits per heavy atom. The number of hydrogen-bond acceptors (Lipinski definition) is 4. The molecule has 0 bridgehead atoms. The largest absolute Gasteiger partial charge is 0.348 e. The molecule has 8 heteroatoms. The third-order valence-corrected chi connectivity index (χ3v) is 4.78. The summed E-state index contributed by atoms with van der Waals surface area (Å²) in [7, 11) is 0. The Morgan fingerprint density at radius 1 is 1.43 bits per heavy atom. The Hall–Kier alpha value is -0.920. The first kappa shape index (κ1) is 18.4. The first-order chi connectivity index (χ1) is 10.6. The molecule has 4 N–H and O–H groups in total. The van der Waals surface area contributed by atoms with Gasteiger partial charge in [-0.25, -0.2) is 9.82 Å². The Bertz CT molecular complexity index is 554. The maximum absolute atomic E-state index is 13.9. The Balaban J connectivity index is 0.00000192. The molecular weight excluding hydrogens is 342 g/mol. The summed E-state index contributed by atoms with van der Waals surface area (Å²) >= 11 is 6.05. The summed E-state index contributed by atoms with van der Waals surface area (Å²) in [5, 5.41) is 6.48. The standard InChI is InChI=1S/C15H20ClFN4O.ClH/c1-8(13-10(16)3-2-4-11(13)17)19-15(22)14-9-7-18-6-5-12(9)20-21-14;/h2-4,8-9,12,14,18,20-21H,5-7H2,1H3,(H,19,22);1H. The molecule has 0 aliphatic carbocycles. The van der Waals surface area contributed by atoms with Crippen molar-refractivity contribution in [3.05, 3.63) is 34.6 Å². The summed E-state index contributed by atoms with van der Waals surface area (Å²) in [6, 6.07) is 4.00. The van der Waals surface area contributed by atoms with Gasteiger partial charge >= 0.3 is 0 Å². The molecule has 2 saturated heterocycles. The Kier molecular flexibility index (Phi) is 6.22. The molecular formula is C15H21Cl2FN4O. The van der Waals surface area contributed by atoms with Gasteiger partial charge in [-0.3, -0.25) is 10.2 Å². The predicted molar refractivity (Wildman–Crippen MR) is 90.0 cm³/mol. The number of halogens is 3. The highest BCUT2D eigenvalue weighted by atomic mass is 35.5. The van der Waals surface area contributed by atoms with Crippen molar-refractivity contribution >= 4 is 29.9 Å². The number of benzene rings is 1. The first-order valence-corrected chi connectivity index (χ1v) is 7.92. The van der Waals surface area contributed by atoms with Gasteiger partial charge in [-0.05, 0) is 32.0 Å². The molecule has 0 spiro atoms. The van der Waals surface area contributed by atoms with Crippen molar-refractivity contribution in [1.82, 2.24) is 21.5 Å². The van der Waals surface area contributed by atoms with Gasteiger partial charge in [0.05, 0.1) is 6.04 Å². The summed E-state index contributed by atoms with van der Waals surface area (Å²) in [6.45, 7) is 3.48. The van der Waals surface area contributed by atoms with Crippen LogP contribution in [-0.4, -0.2) is 31.1 Å². The van der Waals surface area contributed by atoms with E-state index >= 15 is 0 Å². The Labute approximate surface area is 146 Å². The predicted octanol–water partition coefficient (Wildman–Crippen LogP) is 1.53. The minimum atomic E-state index is -0.487. The number of rotatable bonds is 3. The van der Waals surface area contributed by atoms with Crippen LogP contribution in [0.1, 0.15) is 24.9 Å². The molecule has 2 fully saturated rings. The lowest BCUT2D eigenvalue weighted by Gasteiger charge is -2.28. The van der Waals surface area contributed by atoms with Crippen LogP contribution < -0.4 is 21.5 Å². The van der Waals surface area contributed by atoms with Crippen molar-refractivity contribution in [2.75, 3.05) is 13.1 Å². The third-order valence-electron chi connectivity index (χ3n) is 4.46. The minimum Gasteiger partial charge on any atom is -0.348 e. The highest BCUT2D eigenvalue weighted by Gasteiger charge is 2.41. The van der Waals surface area contributed by atoms with Gasteiger partial charge in [-0.2, -0.15) is 0 Å². The molecule has 2 aliphatic heterocycles. The van der Waals surface area contributed by atoms with E-state index in [2.05, 4.69) is 21.5 Å². The maximum Gasteiger partial charge on any atom is 0.239 e. The molecule has 3 rings (SSSR count). The number of piperidine rings is 1. The average Bonchev–Trinajstić information content (AvgIpc) is 2.91. The van der Waals surface area contributed by atoms with Crippen molar-refractivity contribution in [3.63, 3.8) is 0 Å². The zero-order chi connectivity index (χ0) is 15.7. The second-order valence-corrected chi connectivity index (χ2v) is 6.30. The monoisotopic (exact) mass is 362 g/mol. The quantitative estimate of drug-likeness (QED) is 0.658. The molecule has 1 amide bonds. The van der Waals surface area contributed by atoms with Gasteiger partial charge in [0, 0.05) is 29.1 Å². The molecule has 5 nitrogen and oxygen atoms in total. The van der Waals surface area contributed by atoms with Gasteiger partial charge in [-0.1, -0.05) is 17.7 Å².